The van der Waals surface area contributed by atoms with Crippen LogP contribution in [-0.2, 0) is 0 Å². The number of hydrogen-bond donors (Lipinski definition) is 3. The number of benzene rings is 1. The Balaban J connectivity index is 2.83. The van der Waals surface area contributed by atoms with E-state index in [-0.39, 0.29) is 12.4 Å². The smallest absolute Gasteiger partial charge is 0.122 e. The number of phenolic OH excluding ortho intramolecular Hbond substituents is 1. The molecule has 0 saturated heterocycles. The van der Waals surface area contributed by atoms with Gasteiger partial charge in [0.1, 0.15) is 5.75 Å². The highest BCUT2D eigenvalue weighted by Gasteiger charge is 2.12. The maximum atomic E-state index is 10.3. The van der Waals surface area contributed by atoms with Gasteiger partial charge in [0.25, 0.3) is 0 Å². The Morgan fingerprint density at radius 3 is 2.52 bits per heavy atom. The minimum absolute atomic E-state index is 0.102. The van der Waals surface area contributed by atoms with E-state index in [2.05, 4.69) is 13.5 Å². The molecule has 0 fully saturated rings. The maximum absolute atomic E-state index is 10.3. The first-order valence-corrected chi connectivity index (χ1v) is 8.11. The minimum atomic E-state index is -0.635. The summed E-state index contributed by atoms with van der Waals surface area (Å²) >= 11 is 0. The number of aromatic hydroxyl groups is 1. The van der Waals surface area contributed by atoms with E-state index >= 15 is 0 Å². The van der Waals surface area contributed by atoms with E-state index in [1.807, 2.05) is 25.1 Å². The Morgan fingerprint density at radius 1 is 1.26 bits per heavy atom. The van der Waals surface area contributed by atoms with Crippen LogP contribution in [0.15, 0.2) is 53.6 Å². The number of aliphatic hydroxyl groups is 2. The molecule has 126 valence electrons. The Labute approximate surface area is 139 Å². The highest BCUT2D eigenvalue weighted by Crippen LogP contribution is 2.25. The first-order chi connectivity index (χ1) is 11.0. The van der Waals surface area contributed by atoms with E-state index in [1.54, 1.807) is 18.2 Å². The molecule has 0 bridgehead atoms. The van der Waals surface area contributed by atoms with Gasteiger partial charge in [-0.15, -0.1) is 0 Å². The third-order valence-electron chi connectivity index (χ3n) is 3.77. The fraction of sp³-hybridized carbons (Fsp3) is 0.400. The molecule has 0 spiro atoms. The first kappa shape index (κ1) is 19.2. The molecule has 0 amide bonds. The van der Waals surface area contributed by atoms with Crippen molar-refractivity contribution in [3.63, 3.8) is 0 Å². The fourth-order valence-corrected chi connectivity index (χ4v) is 2.59. The van der Waals surface area contributed by atoms with Crippen molar-refractivity contribution in [3.05, 3.63) is 59.2 Å². The molecular formula is C20H28O3. The van der Waals surface area contributed by atoms with Gasteiger partial charge in [0, 0.05) is 5.56 Å². The number of phenols is 1. The summed E-state index contributed by atoms with van der Waals surface area (Å²) in [5, 5.41) is 29.3. The van der Waals surface area contributed by atoms with E-state index in [4.69, 9.17) is 5.11 Å². The van der Waals surface area contributed by atoms with Crippen molar-refractivity contribution in [2.75, 3.05) is 6.61 Å². The fourth-order valence-electron chi connectivity index (χ4n) is 2.59. The Morgan fingerprint density at radius 2 is 1.96 bits per heavy atom. The Hall–Kier alpha value is -1.84. The number of allylic oxidation sites excluding steroid dienone is 1. The monoisotopic (exact) mass is 316 g/mol. The standard InChI is InChI=1S/C20H28O3/c1-4-7-16(14-17-8-5-6-9-19(17)22)10-11-20(23)18(12-13-21)15(2)3/h5-6,8-9,12,14,20-23H,2,4,7,10-11,13H2,1,3H3/b16-14+,18-12-. The summed E-state index contributed by atoms with van der Waals surface area (Å²) in [6.07, 6.45) is 6.21. The number of para-hydroxylation sites is 1. The highest BCUT2D eigenvalue weighted by atomic mass is 16.3. The molecule has 3 N–H and O–H groups in total. The van der Waals surface area contributed by atoms with Gasteiger partial charge in [-0.2, -0.15) is 0 Å². The van der Waals surface area contributed by atoms with Crippen LogP contribution in [0, 0.1) is 0 Å². The van der Waals surface area contributed by atoms with Gasteiger partial charge in [-0.1, -0.05) is 61.4 Å². The summed E-state index contributed by atoms with van der Waals surface area (Å²) < 4.78 is 0. The predicted octanol–water partition coefficient (Wildman–Crippen LogP) is 4.21. The number of rotatable bonds is 9. The molecule has 1 atom stereocenters. The van der Waals surface area contributed by atoms with Crippen LogP contribution >= 0.6 is 0 Å². The second-order valence-electron chi connectivity index (χ2n) is 5.79. The van der Waals surface area contributed by atoms with Crippen molar-refractivity contribution in [2.24, 2.45) is 0 Å². The SMILES string of the molecule is C=C(C)/C(=C/CO)C(O)CC/C(=C/c1ccccc1O)CCC. The van der Waals surface area contributed by atoms with Gasteiger partial charge in [0.05, 0.1) is 12.7 Å². The van der Waals surface area contributed by atoms with Crippen LogP contribution < -0.4 is 0 Å². The molecule has 0 radical (unpaired) electrons. The molecule has 23 heavy (non-hydrogen) atoms. The normalized spacial score (nSPS) is 13.9. The summed E-state index contributed by atoms with van der Waals surface area (Å²) in [4.78, 5) is 0. The van der Waals surface area contributed by atoms with Crippen molar-refractivity contribution in [1.29, 1.82) is 0 Å². The molecule has 0 aromatic heterocycles. The van der Waals surface area contributed by atoms with Gasteiger partial charge >= 0.3 is 0 Å². The lowest BCUT2D eigenvalue weighted by Crippen LogP contribution is -2.12. The van der Waals surface area contributed by atoms with Gasteiger partial charge in [-0.25, -0.2) is 0 Å². The van der Waals surface area contributed by atoms with Gasteiger partial charge < -0.3 is 15.3 Å². The van der Waals surface area contributed by atoms with E-state index in [9.17, 15) is 10.2 Å². The zero-order valence-corrected chi connectivity index (χ0v) is 14.1. The quantitative estimate of drug-likeness (QED) is 0.598. The minimum Gasteiger partial charge on any atom is -0.507 e. The van der Waals surface area contributed by atoms with E-state index in [0.717, 1.165) is 30.4 Å². The highest BCUT2D eigenvalue weighted by molar-refractivity contribution is 5.59. The van der Waals surface area contributed by atoms with Crippen LogP contribution in [0.5, 0.6) is 5.75 Å². The van der Waals surface area contributed by atoms with Gasteiger partial charge in [0.15, 0.2) is 0 Å². The summed E-state index contributed by atoms with van der Waals surface area (Å²) in [6.45, 7) is 7.69. The lowest BCUT2D eigenvalue weighted by molar-refractivity contribution is 0.201. The summed E-state index contributed by atoms with van der Waals surface area (Å²) in [6, 6.07) is 7.25. The first-order valence-electron chi connectivity index (χ1n) is 8.11. The zero-order valence-electron chi connectivity index (χ0n) is 14.1. The third-order valence-corrected chi connectivity index (χ3v) is 3.77. The lowest BCUT2D eigenvalue weighted by Gasteiger charge is -2.16. The Bertz CT molecular complexity index is 570. The van der Waals surface area contributed by atoms with E-state index in [1.165, 1.54) is 5.57 Å². The molecule has 3 heteroatoms. The van der Waals surface area contributed by atoms with Crippen LogP contribution in [0.4, 0.5) is 0 Å². The van der Waals surface area contributed by atoms with Crippen LogP contribution in [-0.4, -0.2) is 28.0 Å². The second-order valence-corrected chi connectivity index (χ2v) is 5.79. The topological polar surface area (TPSA) is 60.7 Å². The van der Waals surface area contributed by atoms with E-state index < -0.39 is 6.10 Å². The average molecular weight is 316 g/mol. The van der Waals surface area contributed by atoms with Crippen molar-refractivity contribution in [2.45, 2.75) is 45.6 Å². The van der Waals surface area contributed by atoms with Crippen molar-refractivity contribution in [3.8, 4) is 5.75 Å². The third kappa shape index (κ3) is 6.43. The molecule has 0 saturated carbocycles. The molecule has 0 heterocycles. The molecule has 0 aliphatic heterocycles. The summed E-state index contributed by atoms with van der Waals surface area (Å²) in [5.74, 6) is 0.268. The molecule has 3 nitrogen and oxygen atoms in total. The molecule has 0 aliphatic rings. The van der Waals surface area contributed by atoms with E-state index in [0.29, 0.717) is 12.0 Å². The largest absolute Gasteiger partial charge is 0.507 e. The van der Waals surface area contributed by atoms with Gasteiger partial charge in [0.2, 0.25) is 0 Å². The molecule has 1 aromatic rings. The lowest BCUT2D eigenvalue weighted by atomic mass is 9.94. The molecule has 1 rings (SSSR count). The maximum Gasteiger partial charge on any atom is 0.122 e. The average Bonchev–Trinajstić information content (AvgIpc) is 2.52. The van der Waals surface area contributed by atoms with Crippen LogP contribution in [0.1, 0.15) is 45.1 Å². The van der Waals surface area contributed by atoms with Crippen molar-refractivity contribution >= 4 is 6.08 Å². The zero-order chi connectivity index (χ0) is 17.2. The van der Waals surface area contributed by atoms with Crippen LogP contribution in [0.3, 0.4) is 0 Å². The van der Waals surface area contributed by atoms with Crippen molar-refractivity contribution in [1.82, 2.24) is 0 Å². The van der Waals surface area contributed by atoms with Gasteiger partial charge in [-0.3, -0.25) is 0 Å². The number of aliphatic hydroxyl groups excluding tert-OH is 2. The molecule has 1 unspecified atom stereocenters. The Kier molecular flexibility index (Phi) is 8.38. The number of hydrogen-bond acceptors (Lipinski definition) is 3. The summed E-state index contributed by atoms with van der Waals surface area (Å²) in [7, 11) is 0. The van der Waals surface area contributed by atoms with Crippen molar-refractivity contribution < 1.29 is 15.3 Å². The second kappa shape index (κ2) is 10.0. The summed E-state index contributed by atoms with van der Waals surface area (Å²) in [5.41, 5.74) is 3.47. The van der Waals surface area contributed by atoms with Crippen LogP contribution in [0.2, 0.25) is 0 Å². The van der Waals surface area contributed by atoms with Gasteiger partial charge in [-0.05, 0) is 37.8 Å². The molecule has 1 aromatic carbocycles. The molecular weight excluding hydrogens is 288 g/mol. The van der Waals surface area contributed by atoms with Crippen LogP contribution in [0.25, 0.3) is 6.08 Å². The molecule has 0 aliphatic carbocycles. The predicted molar refractivity (Wildman–Crippen MR) is 96.2 cm³/mol.